The molecule has 0 spiro atoms. The molecule has 4 unspecified atom stereocenters. The summed E-state index contributed by atoms with van der Waals surface area (Å²) in [5, 5.41) is 25.3. The predicted octanol–water partition coefficient (Wildman–Crippen LogP) is -2.72. The third-order valence-corrected chi connectivity index (χ3v) is 4.69. The van der Waals surface area contributed by atoms with Gasteiger partial charge in [0.15, 0.2) is 0 Å². The molecule has 0 fully saturated rings. The van der Waals surface area contributed by atoms with Gasteiger partial charge in [0.25, 0.3) is 0 Å². The molecular weight excluding hydrogens is 452 g/mol. The molecule has 3 amide bonds. The Hall–Kier alpha value is -4.27. The number of carbonyl (C=O) groups is 5. The van der Waals surface area contributed by atoms with E-state index in [1.807, 2.05) is 0 Å². The first-order valence-corrected chi connectivity index (χ1v) is 10.1. The molecule has 34 heavy (non-hydrogen) atoms. The van der Waals surface area contributed by atoms with Crippen LogP contribution in [0.5, 0.6) is 0 Å². The van der Waals surface area contributed by atoms with Crippen molar-refractivity contribution in [2.45, 2.75) is 50.4 Å². The van der Waals surface area contributed by atoms with Crippen molar-refractivity contribution in [1.82, 2.24) is 35.9 Å². The first-order chi connectivity index (χ1) is 16.1. The minimum absolute atomic E-state index is 0.0684. The molecule has 0 aliphatic carbocycles. The van der Waals surface area contributed by atoms with Crippen molar-refractivity contribution in [2.24, 2.45) is 5.73 Å². The van der Waals surface area contributed by atoms with Gasteiger partial charge in [0, 0.05) is 36.6 Å². The van der Waals surface area contributed by atoms with Crippen molar-refractivity contribution >= 4 is 29.7 Å². The quantitative estimate of drug-likeness (QED) is 0.148. The van der Waals surface area contributed by atoms with Crippen molar-refractivity contribution in [3.8, 4) is 0 Å². The van der Waals surface area contributed by atoms with E-state index in [0.717, 1.165) is 0 Å². The summed E-state index contributed by atoms with van der Waals surface area (Å²) in [6, 6.07) is -5.15. The van der Waals surface area contributed by atoms with Gasteiger partial charge in [-0.25, -0.2) is 14.8 Å². The van der Waals surface area contributed by atoms with Gasteiger partial charge in [-0.15, -0.1) is 0 Å². The van der Waals surface area contributed by atoms with E-state index in [1.165, 1.54) is 32.0 Å². The maximum Gasteiger partial charge on any atom is 0.326 e. The van der Waals surface area contributed by atoms with E-state index in [2.05, 4.69) is 35.9 Å². The number of nitrogens with one attached hydrogen (secondary N) is 5. The molecule has 2 aromatic heterocycles. The van der Waals surface area contributed by atoms with Crippen LogP contribution in [-0.4, -0.2) is 84.0 Å². The van der Waals surface area contributed by atoms with Gasteiger partial charge in [-0.2, -0.15) is 0 Å². The van der Waals surface area contributed by atoms with E-state index in [0.29, 0.717) is 11.4 Å². The van der Waals surface area contributed by atoms with Crippen LogP contribution >= 0.6 is 0 Å². The molecule has 4 atom stereocenters. The normalized spacial score (nSPS) is 14.3. The number of amides is 3. The number of hydrogen-bond acceptors (Lipinski definition) is 8. The first-order valence-electron chi connectivity index (χ1n) is 10.1. The average molecular weight is 478 g/mol. The van der Waals surface area contributed by atoms with E-state index in [4.69, 9.17) is 10.8 Å². The number of aromatic nitrogens is 4. The zero-order chi connectivity index (χ0) is 25.3. The number of aliphatic carboxylic acids is 2. The number of carbonyl (C=O) groups excluding carboxylic acids is 3. The molecule has 184 valence electrons. The van der Waals surface area contributed by atoms with Gasteiger partial charge in [0.1, 0.15) is 18.1 Å². The molecule has 9 N–H and O–H groups in total. The van der Waals surface area contributed by atoms with Gasteiger partial charge in [-0.1, -0.05) is 0 Å². The fourth-order valence-electron chi connectivity index (χ4n) is 2.88. The van der Waals surface area contributed by atoms with Gasteiger partial charge in [0.05, 0.1) is 25.1 Å². The second kappa shape index (κ2) is 12.1. The summed E-state index contributed by atoms with van der Waals surface area (Å²) in [6.07, 6.45) is 4.86. The Morgan fingerprint density at radius 3 is 1.94 bits per heavy atom. The second-order valence-corrected chi connectivity index (χ2v) is 7.46. The minimum atomic E-state index is -1.52. The summed E-state index contributed by atoms with van der Waals surface area (Å²) >= 11 is 0. The van der Waals surface area contributed by atoms with Crippen LogP contribution in [0.25, 0.3) is 0 Å². The lowest BCUT2D eigenvalue weighted by molar-refractivity contribution is -0.143. The number of H-pyrrole nitrogens is 2. The maximum absolute atomic E-state index is 12.6. The van der Waals surface area contributed by atoms with Crippen LogP contribution in [0.2, 0.25) is 0 Å². The van der Waals surface area contributed by atoms with Crippen molar-refractivity contribution in [3.63, 3.8) is 0 Å². The Labute approximate surface area is 192 Å². The van der Waals surface area contributed by atoms with Crippen molar-refractivity contribution < 1.29 is 34.2 Å². The van der Waals surface area contributed by atoms with Crippen molar-refractivity contribution in [2.75, 3.05) is 0 Å². The van der Waals surface area contributed by atoms with Crippen LogP contribution < -0.4 is 21.7 Å². The van der Waals surface area contributed by atoms with Crippen LogP contribution in [0.3, 0.4) is 0 Å². The van der Waals surface area contributed by atoms with Crippen LogP contribution in [-0.2, 0) is 36.8 Å². The summed E-state index contributed by atoms with van der Waals surface area (Å²) in [6.45, 7) is 1.28. The highest BCUT2D eigenvalue weighted by molar-refractivity contribution is 5.95. The van der Waals surface area contributed by atoms with Gasteiger partial charge in [0.2, 0.25) is 17.7 Å². The summed E-state index contributed by atoms with van der Waals surface area (Å²) in [5.41, 5.74) is 6.85. The second-order valence-electron chi connectivity index (χ2n) is 7.46. The molecule has 2 aromatic rings. The van der Waals surface area contributed by atoms with E-state index in [1.54, 1.807) is 0 Å². The molecule has 0 aromatic carbocycles. The zero-order valence-electron chi connectivity index (χ0n) is 18.1. The van der Waals surface area contributed by atoms with Gasteiger partial charge in [-0.05, 0) is 6.92 Å². The maximum atomic E-state index is 12.6. The lowest BCUT2D eigenvalue weighted by atomic mass is 10.1. The minimum Gasteiger partial charge on any atom is -0.481 e. The molecule has 0 aliphatic heterocycles. The highest BCUT2D eigenvalue weighted by Gasteiger charge is 2.30. The predicted molar refractivity (Wildman–Crippen MR) is 114 cm³/mol. The Kier molecular flexibility index (Phi) is 9.25. The molecule has 0 aliphatic rings. The van der Waals surface area contributed by atoms with Crippen molar-refractivity contribution in [1.29, 1.82) is 0 Å². The van der Waals surface area contributed by atoms with Crippen LogP contribution in [0, 0.1) is 0 Å². The summed E-state index contributed by atoms with van der Waals surface area (Å²) in [5.74, 6) is -5.23. The SMILES string of the molecule is CC(NC(=O)C(CC(=O)O)NC(=O)C(N)Cc1cnc[nH]1)C(=O)NC(Cc1cnc[nH]1)C(=O)O. The smallest absolute Gasteiger partial charge is 0.326 e. The number of imidazole rings is 2. The highest BCUT2D eigenvalue weighted by Crippen LogP contribution is 2.02. The van der Waals surface area contributed by atoms with E-state index in [9.17, 15) is 29.1 Å². The van der Waals surface area contributed by atoms with E-state index >= 15 is 0 Å². The number of nitrogens with zero attached hydrogens (tertiary/aromatic N) is 2. The zero-order valence-corrected chi connectivity index (χ0v) is 18.1. The molecule has 15 heteroatoms. The number of nitrogens with two attached hydrogens (primary N) is 1. The van der Waals surface area contributed by atoms with Gasteiger partial charge < -0.3 is 41.9 Å². The molecule has 15 nitrogen and oxygen atoms in total. The van der Waals surface area contributed by atoms with E-state index < -0.39 is 60.2 Å². The first kappa shape index (κ1) is 26.0. The third-order valence-electron chi connectivity index (χ3n) is 4.69. The Balaban J connectivity index is 1.96. The largest absolute Gasteiger partial charge is 0.481 e. The molecule has 0 radical (unpaired) electrons. The number of carboxylic acid groups (broad SMARTS) is 2. The monoisotopic (exact) mass is 478 g/mol. The average Bonchev–Trinajstić information content (AvgIpc) is 3.46. The number of hydrogen-bond donors (Lipinski definition) is 8. The number of carboxylic acids is 2. The topological polar surface area (TPSA) is 245 Å². The highest BCUT2D eigenvalue weighted by atomic mass is 16.4. The Bertz CT molecular complexity index is 992. The number of rotatable bonds is 13. The Morgan fingerprint density at radius 2 is 1.44 bits per heavy atom. The molecule has 2 rings (SSSR count). The van der Waals surface area contributed by atoms with Gasteiger partial charge in [-0.3, -0.25) is 19.2 Å². The lowest BCUT2D eigenvalue weighted by Crippen LogP contribution is -2.57. The summed E-state index contributed by atoms with van der Waals surface area (Å²) in [7, 11) is 0. The standard InChI is InChI=1S/C19H26N8O7/c1-9(16(30)27-14(19(33)34)3-11-6-22-8-24-11)25-18(32)13(4-15(28)29)26-17(31)12(20)2-10-5-21-7-23-10/h5-9,12-14H,2-4,20H2,1H3,(H,21,23)(H,22,24)(H,25,32)(H,26,31)(H,27,30)(H,28,29)(H,33,34). The molecular formula is C19H26N8O7. The molecule has 0 bridgehead atoms. The van der Waals surface area contributed by atoms with Crippen LogP contribution in [0.4, 0.5) is 0 Å². The Morgan fingerprint density at radius 1 is 0.882 bits per heavy atom. The summed E-state index contributed by atoms with van der Waals surface area (Å²) < 4.78 is 0. The van der Waals surface area contributed by atoms with Crippen LogP contribution in [0.15, 0.2) is 25.0 Å². The van der Waals surface area contributed by atoms with Crippen molar-refractivity contribution in [3.05, 3.63) is 36.4 Å². The third kappa shape index (κ3) is 8.01. The van der Waals surface area contributed by atoms with Crippen LogP contribution in [0.1, 0.15) is 24.7 Å². The fraction of sp³-hybridized carbons (Fsp3) is 0.421. The summed E-state index contributed by atoms with van der Waals surface area (Å²) in [4.78, 5) is 73.1. The number of aromatic amines is 2. The molecule has 0 saturated heterocycles. The lowest BCUT2D eigenvalue weighted by Gasteiger charge is -2.22. The van der Waals surface area contributed by atoms with Gasteiger partial charge >= 0.3 is 11.9 Å². The molecule has 2 heterocycles. The molecule has 0 saturated carbocycles. The fourth-order valence-corrected chi connectivity index (χ4v) is 2.88. The van der Waals surface area contributed by atoms with E-state index in [-0.39, 0.29) is 12.8 Å².